The molecule has 0 N–H and O–H groups in total. The largest absolute Gasteiger partial charge is 0.306 e. The first-order chi connectivity index (χ1) is 6.02. The van der Waals surface area contributed by atoms with E-state index in [0.717, 1.165) is 0 Å². The molecule has 13 heavy (non-hydrogen) atoms. The Morgan fingerprint density at radius 3 is 1.92 bits per heavy atom. The topological polar surface area (TPSA) is 3.24 Å². The molecule has 1 saturated heterocycles. The van der Waals surface area contributed by atoms with Gasteiger partial charge >= 0.3 is 0 Å². The zero-order chi connectivity index (χ0) is 10.3. The molecular weight excluding hydrogens is 158 g/mol. The van der Waals surface area contributed by atoms with Gasteiger partial charge in [-0.15, -0.1) is 0 Å². The van der Waals surface area contributed by atoms with Crippen LogP contribution in [0.1, 0.15) is 53.4 Å². The van der Waals surface area contributed by atoms with Crippen molar-refractivity contribution in [1.82, 2.24) is 4.90 Å². The van der Waals surface area contributed by atoms with Crippen LogP contribution in [-0.4, -0.2) is 25.0 Å². The number of piperidine rings is 1. The molecule has 0 aliphatic carbocycles. The fourth-order valence-electron chi connectivity index (χ4n) is 1.72. The first-order valence-electron chi connectivity index (χ1n) is 5.70. The zero-order valence-corrected chi connectivity index (χ0v) is 10.2. The normalized spacial score (nSPS) is 21.9. The Hall–Kier alpha value is -0.0400. The fraction of sp³-hybridized carbons (Fsp3) is 1.00. The van der Waals surface area contributed by atoms with Gasteiger partial charge in [0.25, 0.3) is 0 Å². The van der Waals surface area contributed by atoms with E-state index in [1.807, 2.05) is 0 Å². The molecule has 0 amide bonds. The van der Waals surface area contributed by atoms with Crippen molar-refractivity contribution in [2.24, 2.45) is 5.41 Å². The number of hydrogen-bond acceptors (Lipinski definition) is 1. The summed E-state index contributed by atoms with van der Waals surface area (Å²) in [6.07, 6.45) is 5.42. The average molecular weight is 185 g/mol. The Morgan fingerprint density at radius 1 is 1.15 bits per heavy atom. The van der Waals surface area contributed by atoms with E-state index in [0.29, 0.717) is 5.41 Å². The van der Waals surface area contributed by atoms with E-state index in [1.54, 1.807) is 0 Å². The molecule has 0 aromatic rings. The highest BCUT2D eigenvalue weighted by molar-refractivity contribution is 4.77. The summed E-state index contributed by atoms with van der Waals surface area (Å²) in [4.78, 5) is 2.42. The van der Waals surface area contributed by atoms with Gasteiger partial charge in [-0.3, -0.25) is 0 Å². The second-order valence-electron chi connectivity index (χ2n) is 5.01. The molecule has 0 bridgehead atoms. The van der Waals surface area contributed by atoms with Crippen LogP contribution in [0.3, 0.4) is 0 Å². The molecule has 0 atom stereocenters. The van der Waals surface area contributed by atoms with E-state index in [2.05, 4.69) is 39.6 Å². The molecule has 0 unspecified atom stereocenters. The lowest BCUT2D eigenvalue weighted by atomic mass is 9.84. The van der Waals surface area contributed by atoms with Crippen LogP contribution in [0.25, 0.3) is 0 Å². The molecule has 0 spiro atoms. The maximum Gasteiger partial charge on any atom is 0.00296 e. The lowest BCUT2D eigenvalue weighted by Crippen LogP contribution is -2.37. The van der Waals surface area contributed by atoms with E-state index < -0.39 is 0 Å². The van der Waals surface area contributed by atoms with Crippen LogP contribution in [0.5, 0.6) is 0 Å². The Labute approximate surface area is 84.5 Å². The van der Waals surface area contributed by atoms with Crippen molar-refractivity contribution in [3.63, 3.8) is 0 Å². The van der Waals surface area contributed by atoms with Crippen molar-refractivity contribution < 1.29 is 0 Å². The van der Waals surface area contributed by atoms with Crippen LogP contribution < -0.4 is 0 Å². The quantitative estimate of drug-likeness (QED) is 0.604. The third-order valence-electron chi connectivity index (χ3n) is 2.59. The van der Waals surface area contributed by atoms with Crippen molar-refractivity contribution in [3.05, 3.63) is 0 Å². The molecule has 0 aromatic carbocycles. The minimum absolute atomic E-state index is 0.576. The molecule has 0 saturated carbocycles. The van der Waals surface area contributed by atoms with Gasteiger partial charge in [0.2, 0.25) is 0 Å². The third-order valence-corrected chi connectivity index (χ3v) is 2.59. The highest BCUT2D eigenvalue weighted by Crippen LogP contribution is 2.26. The Balaban J connectivity index is 0.000000310. The summed E-state index contributed by atoms with van der Waals surface area (Å²) in [7, 11) is 2.21. The molecule has 1 nitrogen and oxygen atoms in total. The van der Waals surface area contributed by atoms with Crippen molar-refractivity contribution in [3.8, 4) is 0 Å². The third kappa shape index (κ3) is 7.06. The second kappa shape index (κ2) is 6.42. The van der Waals surface area contributed by atoms with Crippen LogP contribution >= 0.6 is 0 Å². The van der Waals surface area contributed by atoms with Gasteiger partial charge < -0.3 is 4.90 Å². The van der Waals surface area contributed by atoms with Gasteiger partial charge in [-0.25, -0.2) is 0 Å². The molecule has 1 heteroatoms. The number of likely N-dealkylation sites (tertiary alicyclic amines) is 1. The molecule has 1 rings (SSSR count). The maximum absolute atomic E-state index is 2.42. The lowest BCUT2D eigenvalue weighted by molar-refractivity contribution is 0.143. The summed E-state index contributed by atoms with van der Waals surface area (Å²) >= 11 is 0. The highest BCUT2D eigenvalue weighted by atomic mass is 15.1. The first-order valence-corrected chi connectivity index (χ1v) is 5.70. The van der Waals surface area contributed by atoms with Crippen LogP contribution in [0.15, 0.2) is 0 Å². The maximum atomic E-state index is 2.42. The summed E-state index contributed by atoms with van der Waals surface area (Å²) in [5.74, 6) is 0. The second-order valence-corrected chi connectivity index (χ2v) is 5.01. The van der Waals surface area contributed by atoms with Gasteiger partial charge in [-0.2, -0.15) is 0 Å². The van der Waals surface area contributed by atoms with Gasteiger partial charge in [-0.1, -0.05) is 40.5 Å². The molecule has 1 fully saturated rings. The number of hydrogen-bond donors (Lipinski definition) is 0. The number of unbranched alkanes of at least 4 members (excludes halogenated alkanes) is 1. The Kier molecular flexibility index (Phi) is 6.40. The standard InChI is InChI=1S/C8H17N.C4H10/c1-8(2)5-4-6-9(3)7-8;1-3-4-2/h4-7H2,1-3H3;3-4H2,1-2H3. The molecule has 80 valence electrons. The Morgan fingerprint density at radius 2 is 1.69 bits per heavy atom. The van der Waals surface area contributed by atoms with Crippen molar-refractivity contribution >= 4 is 0 Å². The summed E-state index contributed by atoms with van der Waals surface area (Å²) in [5.41, 5.74) is 0.576. The van der Waals surface area contributed by atoms with Gasteiger partial charge in [-0.05, 0) is 31.8 Å². The van der Waals surface area contributed by atoms with E-state index in [1.165, 1.54) is 38.8 Å². The molecule has 0 aromatic heterocycles. The minimum atomic E-state index is 0.576. The monoisotopic (exact) mass is 185 g/mol. The predicted octanol–water partition coefficient (Wildman–Crippen LogP) is 3.54. The van der Waals surface area contributed by atoms with Gasteiger partial charge in [0.05, 0.1) is 0 Å². The summed E-state index contributed by atoms with van der Waals surface area (Å²) in [6.45, 7) is 11.6. The SMILES string of the molecule is CCCC.CN1CCCC(C)(C)C1. The van der Waals surface area contributed by atoms with Crippen molar-refractivity contribution in [2.75, 3.05) is 20.1 Å². The number of rotatable bonds is 1. The van der Waals surface area contributed by atoms with E-state index in [4.69, 9.17) is 0 Å². The lowest BCUT2D eigenvalue weighted by Gasteiger charge is -2.35. The van der Waals surface area contributed by atoms with Crippen LogP contribution in [0, 0.1) is 5.41 Å². The zero-order valence-electron chi connectivity index (χ0n) is 10.2. The van der Waals surface area contributed by atoms with E-state index in [9.17, 15) is 0 Å². The van der Waals surface area contributed by atoms with Crippen molar-refractivity contribution in [2.45, 2.75) is 53.4 Å². The predicted molar refractivity (Wildman–Crippen MR) is 61.1 cm³/mol. The Bertz CT molecular complexity index is 116. The smallest absolute Gasteiger partial charge is 0.00296 e. The summed E-state index contributed by atoms with van der Waals surface area (Å²) in [6, 6.07) is 0. The number of nitrogens with zero attached hydrogens (tertiary/aromatic N) is 1. The highest BCUT2D eigenvalue weighted by Gasteiger charge is 2.23. The van der Waals surface area contributed by atoms with E-state index >= 15 is 0 Å². The van der Waals surface area contributed by atoms with Crippen LogP contribution in [-0.2, 0) is 0 Å². The molecule has 1 heterocycles. The summed E-state index contributed by atoms with van der Waals surface area (Å²) in [5, 5.41) is 0. The molecule has 0 radical (unpaired) electrons. The van der Waals surface area contributed by atoms with Crippen LogP contribution in [0.2, 0.25) is 0 Å². The molecule has 1 aliphatic rings. The van der Waals surface area contributed by atoms with Gasteiger partial charge in [0.1, 0.15) is 0 Å². The minimum Gasteiger partial charge on any atom is -0.306 e. The molecular formula is C12H27N. The van der Waals surface area contributed by atoms with E-state index in [-0.39, 0.29) is 0 Å². The van der Waals surface area contributed by atoms with Gasteiger partial charge in [0, 0.05) is 6.54 Å². The first kappa shape index (κ1) is 13.0. The van der Waals surface area contributed by atoms with Gasteiger partial charge in [0.15, 0.2) is 0 Å². The average Bonchev–Trinajstić information content (AvgIpc) is 2.02. The molecule has 1 aliphatic heterocycles. The van der Waals surface area contributed by atoms with Crippen LogP contribution in [0.4, 0.5) is 0 Å². The fourth-order valence-corrected chi connectivity index (χ4v) is 1.72. The van der Waals surface area contributed by atoms with Crippen molar-refractivity contribution in [1.29, 1.82) is 0 Å². The summed E-state index contributed by atoms with van der Waals surface area (Å²) < 4.78 is 0.